The number of aryl methyl sites for hydroxylation is 1. The van der Waals surface area contributed by atoms with Crippen LogP contribution in [0.1, 0.15) is 10.4 Å². The second-order valence-corrected chi connectivity index (χ2v) is 5.30. The number of fused-ring (bicyclic) bond motifs is 1. The van der Waals surface area contributed by atoms with Crippen LogP contribution in [0.5, 0.6) is 0 Å². The first-order chi connectivity index (χ1) is 11.4. The summed E-state index contributed by atoms with van der Waals surface area (Å²) in [5.74, 6) is -2.35. The summed E-state index contributed by atoms with van der Waals surface area (Å²) in [7, 11) is 1.65. The number of nitrogens with zero attached hydrogens (tertiary/aromatic N) is 1. The number of halogens is 2. The van der Waals surface area contributed by atoms with Crippen molar-refractivity contribution in [2.45, 2.75) is 0 Å². The third-order valence-electron chi connectivity index (χ3n) is 3.67. The normalized spacial score (nSPS) is 10.8. The third kappa shape index (κ3) is 2.60. The molecule has 0 aliphatic carbocycles. The lowest BCUT2D eigenvalue weighted by Gasteiger charge is -2.11. The van der Waals surface area contributed by atoms with Gasteiger partial charge >= 0.3 is 0 Å². The zero-order chi connectivity index (χ0) is 17.4. The van der Waals surface area contributed by atoms with Gasteiger partial charge in [0.15, 0.2) is 0 Å². The average molecular weight is 329 g/mol. The van der Waals surface area contributed by atoms with E-state index < -0.39 is 23.0 Å². The Morgan fingerprint density at radius 2 is 1.96 bits per heavy atom. The first kappa shape index (κ1) is 15.7. The van der Waals surface area contributed by atoms with Crippen molar-refractivity contribution < 1.29 is 13.6 Å². The van der Waals surface area contributed by atoms with Gasteiger partial charge in [-0.25, -0.2) is 8.78 Å². The number of hydrogen-bond acceptors (Lipinski definition) is 3. The van der Waals surface area contributed by atoms with Crippen molar-refractivity contribution in [3.8, 4) is 0 Å². The summed E-state index contributed by atoms with van der Waals surface area (Å²) in [5.41, 5.74) is 5.50. The predicted molar refractivity (Wildman–Crippen MR) is 87.9 cm³/mol. The molecule has 0 radical (unpaired) electrons. The maximum atomic E-state index is 13.7. The molecule has 7 heteroatoms. The highest BCUT2D eigenvalue weighted by Crippen LogP contribution is 2.19. The molecule has 0 saturated heterocycles. The van der Waals surface area contributed by atoms with Crippen LogP contribution in [-0.4, -0.2) is 10.5 Å². The monoisotopic (exact) mass is 329 g/mol. The Bertz CT molecular complexity index is 1030. The number of aromatic nitrogens is 1. The van der Waals surface area contributed by atoms with Crippen LogP contribution in [0.25, 0.3) is 10.9 Å². The van der Waals surface area contributed by atoms with Crippen LogP contribution in [0.15, 0.2) is 47.4 Å². The Balaban J connectivity index is 2.11. The SMILES string of the molecule is Cn1cc(C(=O)Nc2cc(F)ccc2F)c(=O)c2c(N)cccc21. The molecule has 0 spiro atoms. The summed E-state index contributed by atoms with van der Waals surface area (Å²) in [6, 6.07) is 7.60. The molecular formula is C17H13F2N3O2. The fourth-order valence-electron chi connectivity index (χ4n) is 2.50. The van der Waals surface area contributed by atoms with Gasteiger partial charge in [-0.2, -0.15) is 0 Å². The maximum Gasteiger partial charge on any atom is 0.261 e. The topological polar surface area (TPSA) is 77.1 Å². The summed E-state index contributed by atoms with van der Waals surface area (Å²) in [4.78, 5) is 24.9. The largest absolute Gasteiger partial charge is 0.398 e. The van der Waals surface area contributed by atoms with Crippen LogP contribution in [-0.2, 0) is 7.05 Å². The van der Waals surface area contributed by atoms with Crippen molar-refractivity contribution in [2.75, 3.05) is 11.1 Å². The van der Waals surface area contributed by atoms with E-state index in [0.29, 0.717) is 5.52 Å². The zero-order valence-corrected chi connectivity index (χ0v) is 12.6. The van der Waals surface area contributed by atoms with Crippen LogP contribution < -0.4 is 16.5 Å². The minimum absolute atomic E-state index is 0.201. The predicted octanol–water partition coefficient (Wildman–Crippen LogP) is 2.65. The van der Waals surface area contributed by atoms with E-state index >= 15 is 0 Å². The van der Waals surface area contributed by atoms with Crippen LogP contribution in [0.2, 0.25) is 0 Å². The highest BCUT2D eigenvalue weighted by molar-refractivity contribution is 6.06. The van der Waals surface area contributed by atoms with Crippen LogP contribution in [0.3, 0.4) is 0 Å². The van der Waals surface area contributed by atoms with Crippen molar-refractivity contribution in [1.29, 1.82) is 0 Å². The number of amides is 1. The van der Waals surface area contributed by atoms with E-state index in [1.807, 2.05) is 0 Å². The van der Waals surface area contributed by atoms with Gasteiger partial charge in [-0.05, 0) is 24.3 Å². The van der Waals surface area contributed by atoms with Crippen molar-refractivity contribution in [3.63, 3.8) is 0 Å². The number of nitrogen functional groups attached to an aromatic ring is 1. The summed E-state index contributed by atoms with van der Waals surface area (Å²) < 4.78 is 28.4. The number of pyridine rings is 1. The molecule has 0 aliphatic rings. The molecule has 3 rings (SSSR count). The number of nitrogens with one attached hydrogen (secondary N) is 1. The number of hydrogen-bond donors (Lipinski definition) is 2. The number of carbonyl (C=O) groups excluding carboxylic acids is 1. The van der Waals surface area contributed by atoms with Gasteiger partial charge < -0.3 is 15.6 Å². The molecule has 3 N–H and O–H groups in total. The lowest BCUT2D eigenvalue weighted by atomic mass is 10.1. The number of nitrogens with two attached hydrogens (primary N) is 1. The first-order valence-electron chi connectivity index (χ1n) is 7.02. The van der Waals surface area contributed by atoms with E-state index in [1.165, 1.54) is 6.20 Å². The fraction of sp³-hybridized carbons (Fsp3) is 0.0588. The quantitative estimate of drug-likeness (QED) is 0.710. The molecule has 0 saturated carbocycles. The van der Waals surface area contributed by atoms with Crippen molar-refractivity contribution in [2.24, 2.45) is 7.05 Å². The average Bonchev–Trinajstić information content (AvgIpc) is 2.54. The van der Waals surface area contributed by atoms with Crippen molar-refractivity contribution in [1.82, 2.24) is 4.57 Å². The molecule has 1 amide bonds. The summed E-state index contributed by atoms with van der Waals surface area (Å²) in [6.45, 7) is 0. The molecule has 2 aromatic carbocycles. The van der Waals surface area contributed by atoms with E-state index in [9.17, 15) is 18.4 Å². The molecule has 1 aromatic heterocycles. The summed E-state index contributed by atoms with van der Waals surface area (Å²) >= 11 is 0. The number of benzene rings is 2. The molecule has 0 fully saturated rings. The highest BCUT2D eigenvalue weighted by Gasteiger charge is 2.17. The fourth-order valence-corrected chi connectivity index (χ4v) is 2.50. The van der Waals surface area contributed by atoms with Crippen molar-refractivity contribution >= 4 is 28.2 Å². The summed E-state index contributed by atoms with van der Waals surface area (Å²) in [6.07, 6.45) is 1.33. The number of carbonyl (C=O) groups is 1. The molecule has 3 aromatic rings. The Hall–Kier alpha value is -3.22. The van der Waals surface area contributed by atoms with Gasteiger partial charge in [-0.1, -0.05) is 6.07 Å². The van der Waals surface area contributed by atoms with Crippen LogP contribution in [0, 0.1) is 11.6 Å². The van der Waals surface area contributed by atoms with Crippen molar-refractivity contribution in [3.05, 3.63) is 70.0 Å². The Labute approximate surface area is 135 Å². The number of anilines is 2. The Morgan fingerprint density at radius 3 is 2.71 bits per heavy atom. The molecule has 0 bridgehead atoms. The van der Waals surface area contributed by atoms with Gasteiger partial charge in [0, 0.05) is 25.0 Å². The molecule has 0 aliphatic heterocycles. The number of rotatable bonds is 2. The standard InChI is InChI=1S/C17H13F2N3O2/c1-22-8-10(16(23)15-12(20)3-2-4-14(15)22)17(24)21-13-7-9(18)5-6-11(13)19/h2-8H,20H2,1H3,(H,21,24). The van der Waals surface area contributed by atoms with E-state index in [-0.39, 0.29) is 22.3 Å². The first-order valence-corrected chi connectivity index (χ1v) is 7.02. The second kappa shape index (κ2) is 5.77. The van der Waals surface area contributed by atoms with Crippen LogP contribution in [0.4, 0.5) is 20.2 Å². The molecule has 24 heavy (non-hydrogen) atoms. The van der Waals surface area contributed by atoms with Crippen LogP contribution >= 0.6 is 0 Å². The van der Waals surface area contributed by atoms with Gasteiger partial charge in [0.05, 0.1) is 16.6 Å². The van der Waals surface area contributed by atoms with E-state index in [4.69, 9.17) is 5.73 Å². The molecule has 0 atom stereocenters. The summed E-state index contributed by atoms with van der Waals surface area (Å²) in [5, 5.41) is 2.41. The van der Waals surface area contributed by atoms with Gasteiger partial charge in [-0.3, -0.25) is 9.59 Å². The highest BCUT2D eigenvalue weighted by atomic mass is 19.1. The third-order valence-corrected chi connectivity index (χ3v) is 3.67. The molecule has 5 nitrogen and oxygen atoms in total. The molecule has 122 valence electrons. The Kier molecular flexibility index (Phi) is 3.76. The van der Waals surface area contributed by atoms with E-state index in [0.717, 1.165) is 18.2 Å². The van der Waals surface area contributed by atoms with E-state index in [2.05, 4.69) is 5.32 Å². The smallest absolute Gasteiger partial charge is 0.261 e. The van der Waals surface area contributed by atoms with Gasteiger partial charge in [0.25, 0.3) is 5.91 Å². The van der Waals surface area contributed by atoms with Gasteiger partial charge in [-0.15, -0.1) is 0 Å². The molecule has 1 heterocycles. The lowest BCUT2D eigenvalue weighted by Crippen LogP contribution is -2.24. The second-order valence-electron chi connectivity index (χ2n) is 5.30. The maximum absolute atomic E-state index is 13.7. The Morgan fingerprint density at radius 1 is 1.21 bits per heavy atom. The van der Waals surface area contributed by atoms with Gasteiger partial charge in [0.2, 0.25) is 5.43 Å². The minimum atomic E-state index is -0.842. The van der Waals surface area contributed by atoms with E-state index in [1.54, 1.807) is 29.8 Å². The minimum Gasteiger partial charge on any atom is -0.398 e. The van der Waals surface area contributed by atoms with Gasteiger partial charge in [0.1, 0.15) is 17.2 Å². The molecule has 0 unspecified atom stereocenters. The lowest BCUT2D eigenvalue weighted by molar-refractivity contribution is 0.102. The molecular weight excluding hydrogens is 316 g/mol. The zero-order valence-electron chi connectivity index (χ0n) is 12.6.